The second-order valence-electron chi connectivity index (χ2n) is 5.45. The van der Waals surface area contributed by atoms with Crippen molar-refractivity contribution in [1.82, 2.24) is 20.2 Å². The zero-order valence-electron chi connectivity index (χ0n) is 13.6. The highest BCUT2D eigenvalue weighted by Crippen LogP contribution is 2.17. The Kier molecular flexibility index (Phi) is 5.00. The fourth-order valence-corrected chi connectivity index (χ4v) is 2.08. The lowest BCUT2D eigenvalue weighted by Gasteiger charge is -2.09. The van der Waals surface area contributed by atoms with Gasteiger partial charge in [-0.15, -0.1) is 10.2 Å². The summed E-state index contributed by atoms with van der Waals surface area (Å²) in [6.07, 6.45) is 3.90. The number of nitrogens with zero attached hydrogens (tertiary/aromatic N) is 4. The number of ether oxygens (including phenoxy) is 1. The van der Waals surface area contributed by atoms with E-state index in [1.54, 1.807) is 12.4 Å². The van der Waals surface area contributed by atoms with Crippen molar-refractivity contribution in [3.63, 3.8) is 0 Å². The first-order valence-electron chi connectivity index (χ1n) is 7.81. The molecule has 0 spiro atoms. The van der Waals surface area contributed by atoms with Crippen LogP contribution in [0.3, 0.4) is 0 Å². The van der Waals surface area contributed by atoms with Crippen LogP contribution in [0.2, 0.25) is 0 Å². The molecule has 0 saturated carbocycles. The number of rotatable bonds is 7. The first-order chi connectivity index (χ1) is 11.7. The van der Waals surface area contributed by atoms with E-state index in [9.17, 15) is 0 Å². The third-order valence-corrected chi connectivity index (χ3v) is 3.10. The van der Waals surface area contributed by atoms with Crippen LogP contribution in [-0.2, 0) is 6.42 Å². The predicted molar refractivity (Wildman–Crippen MR) is 89.7 cm³/mol. The minimum Gasteiger partial charge on any atom is -0.474 e. The number of hydrogen-bond donors (Lipinski definition) is 1. The van der Waals surface area contributed by atoms with Crippen LogP contribution in [0.15, 0.2) is 47.1 Å². The smallest absolute Gasteiger partial charge is 0.247 e. The van der Waals surface area contributed by atoms with Crippen LogP contribution < -0.4 is 10.1 Å². The van der Waals surface area contributed by atoms with Crippen molar-refractivity contribution >= 4 is 5.82 Å². The Morgan fingerprint density at radius 1 is 1.12 bits per heavy atom. The Balaban J connectivity index is 1.54. The average molecular weight is 325 g/mol. The molecule has 0 unspecified atom stereocenters. The molecule has 3 aromatic rings. The summed E-state index contributed by atoms with van der Waals surface area (Å²) in [6.45, 7) is 4.50. The Morgan fingerprint density at radius 2 is 1.96 bits per heavy atom. The standard InChI is InChI=1S/C17H19N5O2/c1-12(2)23-16-11-18-10-14(20-16)19-9-8-15-21-22-17(24-15)13-6-4-3-5-7-13/h3-7,10-12H,8-9H2,1-2H3,(H,19,20). The molecule has 1 N–H and O–H groups in total. The maximum Gasteiger partial charge on any atom is 0.247 e. The molecule has 2 heterocycles. The van der Waals surface area contributed by atoms with Gasteiger partial charge in [-0.25, -0.2) is 0 Å². The topological polar surface area (TPSA) is 86.0 Å². The molecule has 7 heteroatoms. The maximum atomic E-state index is 5.66. The second kappa shape index (κ2) is 7.54. The van der Waals surface area contributed by atoms with E-state index in [2.05, 4.69) is 25.5 Å². The van der Waals surface area contributed by atoms with E-state index >= 15 is 0 Å². The SMILES string of the molecule is CC(C)Oc1cncc(NCCc2nnc(-c3ccccc3)o2)n1. The minimum absolute atomic E-state index is 0.0596. The van der Waals surface area contributed by atoms with Crippen LogP contribution in [0, 0.1) is 0 Å². The molecule has 24 heavy (non-hydrogen) atoms. The predicted octanol–water partition coefficient (Wildman–Crippen LogP) is 2.97. The Bertz CT molecular complexity index is 773. The van der Waals surface area contributed by atoms with Gasteiger partial charge in [0.1, 0.15) is 5.82 Å². The molecule has 124 valence electrons. The zero-order valence-corrected chi connectivity index (χ0v) is 13.6. The third-order valence-electron chi connectivity index (χ3n) is 3.10. The number of nitrogens with one attached hydrogen (secondary N) is 1. The van der Waals surface area contributed by atoms with Crippen molar-refractivity contribution in [3.05, 3.63) is 48.6 Å². The molecule has 0 atom stereocenters. The summed E-state index contributed by atoms with van der Waals surface area (Å²) in [4.78, 5) is 8.44. The summed E-state index contributed by atoms with van der Waals surface area (Å²) in [5.74, 6) is 2.25. The molecular formula is C17H19N5O2. The summed E-state index contributed by atoms with van der Waals surface area (Å²) >= 11 is 0. The number of aromatic nitrogens is 4. The van der Waals surface area contributed by atoms with Crippen LogP contribution in [0.5, 0.6) is 5.88 Å². The van der Waals surface area contributed by atoms with E-state index in [1.165, 1.54) is 0 Å². The second-order valence-corrected chi connectivity index (χ2v) is 5.45. The summed E-state index contributed by atoms with van der Waals surface area (Å²) in [7, 11) is 0. The summed E-state index contributed by atoms with van der Waals surface area (Å²) in [5.41, 5.74) is 0.911. The van der Waals surface area contributed by atoms with Gasteiger partial charge in [0.25, 0.3) is 0 Å². The molecule has 0 aliphatic carbocycles. The number of benzene rings is 1. The Labute approximate surface area is 140 Å². The van der Waals surface area contributed by atoms with Gasteiger partial charge in [0.15, 0.2) is 0 Å². The fraction of sp³-hybridized carbons (Fsp3) is 0.294. The number of anilines is 1. The third kappa shape index (κ3) is 4.28. The molecule has 0 aliphatic rings. The van der Waals surface area contributed by atoms with Gasteiger partial charge in [0, 0.05) is 18.5 Å². The highest BCUT2D eigenvalue weighted by molar-refractivity contribution is 5.51. The van der Waals surface area contributed by atoms with E-state index in [1.807, 2.05) is 44.2 Å². The average Bonchev–Trinajstić information content (AvgIpc) is 3.04. The Morgan fingerprint density at radius 3 is 2.75 bits per heavy atom. The van der Waals surface area contributed by atoms with Crippen LogP contribution in [-0.4, -0.2) is 32.8 Å². The molecule has 2 aromatic heterocycles. The van der Waals surface area contributed by atoms with Crippen LogP contribution in [0.25, 0.3) is 11.5 Å². The zero-order chi connectivity index (χ0) is 16.8. The minimum atomic E-state index is 0.0596. The van der Waals surface area contributed by atoms with Gasteiger partial charge >= 0.3 is 0 Å². The summed E-state index contributed by atoms with van der Waals surface area (Å²) < 4.78 is 11.2. The molecule has 0 bridgehead atoms. The highest BCUT2D eigenvalue weighted by Gasteiger charge is 2.08. The largest absolute Gasteiger partial charge is 0.474 e. The first kappa shape index (κ1) is 15.9. The number of hydrogen-bond acceptors (Lipinski definition) is 7. The molecule has 7 nitrogen and oxygen atoms in total. The van der Waals surface area contributed by atoms with E-state index < -0.39 is 0 Å². The van der Waals surface area contributed by atoms with Gasteiger partial charge in [0.2, 0.25) is 17.7 Å². The van der Waals surface area contributed by atoms with Crippen molar-refractivity contribution in [3.8, 4) is 17.3 Å². The van der Waals surface area contributed by atoms with Gasteiger partial charge < -0.3 is 14.5 Å². The van der Waals surface area contributed by atoms with E-state index in [0.29, 0.717) is 36.4 Å². The van der Waals surface area contributed by atoms with E-state index in [-0.39, 0.29) is 6.10 Å². The van der Waals surface area contributed by atoms with Crippen molar-refractivity contribution in [2.24, 2.45) is 0 Å². The van der Waals surface area contributed by atoms with Gasteiger partial charge in [-0.05, 0) is 26.0 Å². The van der Waals surface area contributed by atoms with Crippen LogP contribution in [0.4, 0.5) is 5.82 Å². The lowest BCUT2D eigenvalue weighted by atomic mass is 10.2. The molecule has 0 radical (unpaired) electrons. The van der Waals surface area contributed by atoms with Crippen molar-refractivity contribution in [2.75, 3.05) is 11.9 Å². The lowest BCUT2D eigenvalue weighted by molar-refractivity contribution is 0.232. The van der Waals surface area contributed by atoms with E-state index in [4.69, 9.17) is 9.15 Å². The monoisotopic (exact) mass is 325 g/mol. The van der Waals surface area contributed by atoms with Crippen LogP contribution >= 0.6 is 0 Å². The van der Waals surface area contributed by atoms with Crippen molar-refractivity contribution in [2.45, 2.75) is 26.4 Å². The van der Waals surface area contributed by atoms with Crippen molar-refractivity contribution < 1.29 is 9.15 Å². The van der Waals surface area contributed by atoms with E-state index in [0.717, 1.165) is 5.56 Å². The quantitative estimate of drug-likeness (QED) is 0.714. The van der Waals surface area contributed by atoms with Crippen LogP contribution in [0.1, 0.15) is 19.7 Å². The molecule has 1 aromatic carbocycles. The summed E-state index contributed by atoms with van der Waals surface area (Å²) in [6, 6.07) is 9.69. The molecular weight excluding hydrogens is 306 g/mol. The van der Waals surface area contributed by atoms with Gasteiger partial charge in [0.05, 0.1) is 18.5 Å². The maximum absolute atomic E-state index is 5.66. The molecule has 3 rings (SSSR count). The molecule has 0 saturated heterocycles. The molecule has 0 aliphatic heterocycles. The lowest BCUT2D eigenvalue weighted by Crippen LogP contribution is -2.10. The summed E-state index contributed by atoms with van der Waals surface area (Å²) in [5, 5.41) is 11.3. The Hall–Kier alpha value is -2.96. The first-order valence-corrected chi connectivity index (χ1v) is 7.81. The molecule has 0 fully saturated rings. The van der Waals surface area contributed by atoms with Gasteiger partial charge in [-0.3, -0.25) is 4.98 Å². The van der Waals surface area contributed by atoms with Gasteiger partial charge in [-0.1, -0.05) is 18.2 Å². The fourth-order valence-electron chi connectivity index (χ4n) is 2.08. The normalized spacial score (nSPS) is 10.8. The van der Waals surface area contributed by atoms with Crippen molar-refractivity contribution in [1.29, 1.82) is 0 Å². The van der Waals surface area contributed by atoms with Gasteiger partial charge in [-0.2, -0.15) is 4.98 Å². The molecule has 0 amide bonds. The highest BCUT2D eigenvalue weighted by atomic mass is 16.5.